The number of hydrogen-bond acceptors (Lipinski definition) is 9. The molecule has 3 N–H and O–H groups in total. The van der Waals surface area contributed by atoms with E-state index >= 15 is 0 Å². The number of allylic oxidation sites excluding steroid dienone is 1. The van der Waals surface area contributed by atoms with Crippen molar-refractivity contribution in [3.8, 4) is 10.6 Å². The zero-order valence-electron chi connectivity index (χ0n) is 25.9. The Kier molecular flexibility index (Phi) is 8.94. The zero-order chi connectivity index (χ0) is 32.6. The van der Waals surface area contributed by atoms with Gasteiger partial charge in [-0.05, 0) is 70.4 Å². The summed E-state index contributed by atoms with van der Waals surface area (Å²) in [6.45, 7) is 2.47. The third-order valence-electron chi connectivity index (χ3n) is 9.34. The quantitative estimate of drug-likeness (QED) is 0.392. The average Bonchev–Trinajstić information content (AvgIpc) is 3.87. The van der Waals surface area contributed by atoms with Crippen molar-refractivity contribution in [3.63, 3.8) is 0 Å². The van der Waals surface area contributed by atoms with Gasteiger partial charge in [0.1, 0.15) is 16.7 Å². The van der Waals surface area contributed by atoms with E-state index in [0.29, 0.717) is 25.1 Å². The van der Waals surface area contributed by atoms with Crippen LogP contribution in [-0.4, -0.2) is 72.6 Å². The molecule has 0 saturated heterocycles. The van der Waals surface area contributed by atoms with Crippen LogP contribution in [0.1, 0.15) is 56.9 Å². The molecular formula is C32H39N5O7S2. The summed E-state index contributed by atoms with van der Waals surface area (Å²) >= 11 is 1.44. The molecule has 3 saturated carbocycles. The maximum atomic E-state index is 13.9. The van der Waals surface area contributed by atoms with Gasteiger partial charge in [-0.25, -0.2) is 18.2 Å². The van der Waals surface area contributed by atoms with E-state index in [1.165, 1.54) is 11.3 Å². The Balaban J connectivity index is 1.20. The number of ether oxygens (including phenoxy) is 1. The second-order valence-corrected chi connectivity index (χ2v) is 15.7. The first-order valence-electron chi connectivity index (χ1n) is 15.7. The Hall–Kier alpha value is -3.78. The third-order valence-corrected chi connectivity index (χ3v) is 12.0. The third kappa shape index (κ3) is 6.82. The molecule has 0 radical (unpaired) electrons. The molecule has 3 fully saturated rings. The summed E-state index contributed by atoms with van der Waals surface area (Å²) < 4.78 is 33.2. The minimum Gasteiger partial charge on any atom is -0.446 e. The number of carbonyl (C=O) groups is 4. The van der Waals surface area contributed by atoms with E-state index in [4.69, 9.17) is 4.74 Å². The van der Waals surface area contributed by atoms with Crippen LogP contribution in [0.2, 0.25) is 0 Å². The first kappa shape index (κ1) is 32.2. The monoisotopic (exact) mass is 669 g/mol. The lowest BCUT2D eigenvalue weighted by molar-refractivity contribution is -0.140. The van der Waals surface area contributed by atoms with E-state index in [1.807, 2.05) is 36.6 Å². The summed E-state index contributed by atoms with van der Waals surface area (Å²) in [5, 5.41) is 7.65. The molecule has 46 heavy (non-hydrogen) atoms. The number of carbonyl (C=O) groups excluding carboxylic acids is 4. The summed E-state index contributed by atoms with van der Waals surface area (Å²) in [6, 6.07) is 5.57. The normalized spacial score (nSPS) is 28.3. The lowest BCUT2D eigenvalue weighted by Crippen LogP contribution is -2.54. The molecule has 6 rings (SSSR count). The van der Waals surface area contributed by atoms with Crippen LogP contribution in [0.15, 0.2) is 41.9 Å². The van der Waals surface area contributed by atoms with Crippen LogP contribution >= 0.6 is 11.3 Å². The topological polar surface area (TPSA) is 164 Å². The molecule has 1 aliphatic heterocycles. The molecule has 1 aromatic heterocycles. The number of amides is 4. The Morgan fingerprint density at radius 3 is 2.67 bits per heavy atom. The minimum absolute atomic E-state index is 0.0787. The standard InChI is InChI=1S/C32H39N5O7S2/c1-19-8-11-26(25(15-19)28-33-12-14-45-28)34-31(41)44-21-16-23-24(17-21)29(39)37(2)13-6-4-3-5-7-20-18-32(20,35-27(23)38)30(40)36-46(42,43)22-9-10-22/h5,7-8,11-12,14-15,20-24H,3-4,6,9-10,13,16-18H2,1-2H3,(H,34,41)(H,35,38)(H,36,40)/t20-,21-,23-,24-,32-/m1/s1. The van der Waals surface area contributed by atoms with Crippen molar-refractivity contribution in [1.82, 2.24) is 19.9 Å². The molecule has 1 aromatic carbocycles. The summed E-state index contributed by atoms with van der Waals surface area (Å²) in [5.41, 5.74) is 0.855. The van der Waals surface area contributed by atoms with Gasteiger partial charge in [0.2, 0.25) is 21.8 Å². The molecule has 2 aromatic rings. The van der Waals surface area contributed by atoms with Gasteiger partial charge in [-0.2, -0.15) is 0 Å². The van der Waals surface area contributed by atoms with E-state index in [1.54, 1.807) is 24.2 Å². The molecule has 0 unspecified atom stereocenters. The van der Waals surface area contributed by atoms with Crippen molar-refractivity contribution in [2.75, 3.05) is 18.9 Å². The zero-order valence-corrected chi connectivity index (χ0v) is 27.5. The second kappa shape index (κ2) is 12.8. The van der Waals surface area contributed by atoms with Crippen molar-refractivity contribution in [1.29, 1.82) is 0 Å². The molecular weight excluding hydrogens is 631 g/mol. The fourth-order valence-electron chi connectivity index (χ4n) is 6.48. The highest BCUT2D eigenvalue weighted by Crippen LogP contribution is 2.47. The van der Waals surface area contributed by atoms with Gasteiger partial charge in [0.25, 0.3) is 5.91 Å². The van der Waals surface area contributed by atoms with Crippen LogP contribution in [0, 0.1) is 24.7 Å². The van der Waals surface area contributed by atoms with Crippen LogP contribution in [0.25, 0.3) is 10.6 Å². The minimum atomic E-state index is -3.83. The Morgan fingerprint density at radius 1 is 1.15 bits per heavy atom. The number of aromatic nitrogens is 1. The van der Waals surface area contributed by atoms with Crippen molar-refractivity contribution in [2.45, 2.75) is 75.2 Å². The average molecular weight is 670 g/mol. The lowest BCUT2D eigenvalue weighted by Gasteiger charge is -2.26. The highest BCUT2D eigenvalue weighted by molar-refractivity contribution is 7.91. The Labute approximate surface area is 272 Å². The first-order chi connectivity index (χ1) is 22.0. The molecule has 0 bridgehead atoms. The van der Waals surface area contributed by atoms with E-state index in [9.17, 15) is 27.6 Å². The molecule has 4 amide bonds. The van der Waals surface area contributed by atoms with Gasteiger partial charge in [-0.15, -0.1) is 11.3 Å². The highest BCUT2D eigenvalue weighted by atomic mass is 32.2. The second-order valence-electron chi connectivity index (χ2n) is 12.9. The molecule has 4 aliphatic rings. The van der Waals surface area contributed by atoms with Crippen molar-refractivity contribution in [3.05, 3.63) is 47.5 Å². The fraction of sp³-hybridized carbons (Fsp3) is 0.531. The molecule has 2 heterocycles. The summed E-state index contributed by atoms with van der Waals surface area (Å²) in [5.74, 6) is -3.55. The Morgan fingerprint density at radius 2 is 1.93 bits per heavy atom. The van der Waals surface area contributed by atoms with Crippen LogP contribution in [0.5, 0.6) is 0 Å². The Bertz CT molecular complexity index is 1660. The smallest absolute Gasteiger partial charge is 0.411 e. The lowest BCUT2D eigenvalue weighted by atomic mass is 9.93. The number of rotatable bonds is 6. The SMILES string of the molecule is Cc1ccc(NC(=O)O[C@@H]2C[C@H]3C(=O)N[C@]4(C(=O)NS(=O)(=O)C5CC5)C[C@H]4C=CCCCCN(C)C(=O)[C@@H]3C2)c(-c2nccs2)c1. The van der Waals surface area contributed by atoms with Gasteiger partial charge >= 0.3 is 6.09 Å². The number of sulfonamides is 1. The van der Waals surface area contributed by atoms with Crippen LogP contribution in [0.4, 0.5) is 10.5 Å². The van der Waals surface area contributed by atoms with Crippen LogP contribution in [-0.2, 0) is 29.1 Å². The van der Waals surface area contributed by atoms with Crippen molar-refractivity contribution >= 4 is 50.9 Å². The molecule has 14 heteroatoms. The summed E-state index contributed by atoms with van der Waals surface area (Å²) in [7, 11) is -2.13. The maximum Gasteiger partial charge on any atom is 0.411 e. The van der Waals surface area contributed by atoms with Crippen LogP contribution < -0.4 is 15.4 Å². The van der Waals surface area contributed by atoms with Crippen molar-refractivity contribution in [2.24, 2.45) is 17.8 Å². The predicted molar refractivity (Wildman–Crippen MR) is 172 cm³/mol. The van der Waals surface area contributed by atoms with Gasteiger partial charge in [-0.3, -0.25) is 24.4 Å². The number of hydrogen-bond donors (Lipinski definition) is 3. The largest absolute Gasteiger partial charge is 0.446 e. The van der Waals surface area contributed by atoms with E-state index in [2.05, 4.69) is 20.3 Å². The predicted octanol–water partition coefficient (Wildman–Crippen LogP) is 3.74. The van der Waals surface area contributed by atoms with Crippen molar-refractivity contribution < 1.29 is 32.3 Å². The number of fused-ring (bicyclic) bond motifs is 2. The van der Waals surface area contributed by atoms with Crippen LogP contribution in [0.3, 0.4) is 0 Å². The molecule has 0 spiro atoms. The molecule has 12 nitrogen and oxygen atoms in total. The number of nitrogens with zero attached hydrogens (tertiary/aromatic N) is 2. The summed E-state index contributed by atoms with van der Waals surface area (Å²) in [4.78, 5) is 60.1. The van der Waals surface area contributed by atoms with Gasteiger partial charge < -0.3 is 15.0 Å². The number of nitrogens with one attached hydrogen (secondary N) is 3. The molecule has 246 valence electrons. The van der Waals surface area contributed by atoms with Gasteiger partial charge in [-0.1, -0.05) is 23.8 Å². The highest BCUT2D eigenvalue weighted by Gasteiger charge is 2.62. The van der Waals surface area contributed by atoms with E-state index < -0.39 is 56.7 Å². The van der Waals surface area contributed by atoms with Gasteiger partial charge in [0.05, 0.1) is 22.8 Å². The number of anilines is 1. The number of aryl methyl sites for hydroxylation is 1. The van der Waals surface area contributed by atoms with E-state index in [-0.39, 0.29) is 31.1 Å². The van der Waals surface area contributed by atoms with Gasteiger partial charge in [0.15, 0.2) is 0 Å². The van der Waals surface area contributed by atoms with Gasteiger partial charge in [0, 0.05) is 36.7 Å². The molecule has 5 atom stereocenters. The fourth-order valence-corrected chi connectivity index (χ4v) is 8.51. The number of thiazole rings is 1. The molecule has 3 aliphatic carbocycles. The summed E-state index contributed by atoms with van der Waals surface area (Å²) in [6.07, 6.45) is 7.83. The maximum absolute atomic E-state index is 13.9. The van der Waals surface area contributed by atoms with E-state index in [0.717, 1.165) is 35.4 Å². The first-order valence-corrected chi connectivity index (χ1v) is 18.2. The number of benzene rings is 1.